The lowest BCUT2D eigenvalue weighted by Gasteiger charge is -1.81. The van der Waals surface area contributed by atoms with E-state index < -0.39 is 11.8 Å². The largest absolute Gasteiger partial charge is 0.475 e. The highest BCUT2D eigenvalue weighted by Crippen LogP contribution is 1.74. The summed E-state index contributed by atoms with van der Waals surface area (Å²) in [4.78, 5) is 9.59. The van der Waals surface area contributed by atoms with Gasteiger partial charge in [-0.2, -0.15) is 4.51 Å². The van der Waals surface area contributed by atoms with Gasteiger partial charge >= 0.3 is 5.97 Å². The second-order valence-electron chi connectivity index (χ2n) is 0.775. The Hall–Kier alpha value is -0.770. The van der Waals surface area contributed by atoms with E-state index in [2.05, 4.69) is 22.0 Å². The van der Waals surface area contributed by atoms with Crippen LogP contribution in [0, 0.1) is 0 Å². The van der Waals surface area contributed by atoms with Crippen molar-refractivity contribution in [2.75, 3.05) is 0 Å². The molecule has 0 aromatic heterocycles. The number of hydrogen-bond acceptors (Lipinski definition) is 2. The number of rotatable bonds is 0. The van der Waals surface area contributed by atoms with Crippen molar-refractivity contribution in [1.29, 1.82) is 0 Å². The fraction of sp³-hybridized carbons (Fsp3) is 0. The molecule has 0 aliphatic heterocycles. The highest BCUT2D eigenvalue weighted by Gasteiger charge is 1.98. The van der Waals surface area contributed by atoms with Crippen LogP contribution in [0.4, 0.5) is 0 Å². The summed E-state index contributed by atoms with van der Waals surface area (Å²) < 4.78 is 2.66. The van der Waals surface area contributed by atoms with Crippen LogP contribution in [-0.4, -0.2) is 16.9 Å². The van der Waals surface area contributed by atoms with Crippen LogP contribution in [0.2, 0.25) is 0 Å². The Balaban J connectivity index is 3.82. The van der Waals surface area contributed by atoms with Gasteiger partial charge in [-0.1, -0.05) is 0 Å². The number of halogens is 1. The standard InChI is InChI=1S/C2H3ClN2O2/c3-5-1(4)2(6)7/h(H2,4,5)(H,6,7). The number of carboxylic acid groups (broad SMARTS) is 1. The molecule has 0 rings (SSSR count). The van der Waals surface area contributed by atoms with Gasteiger partial charge < -0.3 is 10.8 Å². The fourth-order valence-electron chi connectivity index (χ4n) is 0.0361. The molecule has 7 heavy (non-hydrogen) atoms. The second kappa shape index (κ2) is 2.41. The number of amidine groups is 1. The van der Waals surface area contributed by atoms with Crippen molar-refractivity contribution in [1.82, 2.24) is 0 Å². The molecular weight excluding hydrogens is 119 g/mol. The smallest absolute Gasteiger partial charge is 0.372 e. The molecule has 0 aliphatic carbocycles. The predicted octanol–water partition coefficient (Wildman–Crippen LogP) is -0.418. The summed E-state index contributed by atoms with van der Waals surface area (Å²) in [6.07, 6.45) is 0. The van der Waals surface area contributed by atoms with Crippen LogP contribution in [0.3, 0.4) is 0 Å². The van der Waals surface area contributed by atoms with E-state index in [-0.39, 0.29) is 0 Å². The van der Waals surface area contributed by atoms with Crippen LogP contribution >= 0.6 is 11.8 Å². The van der Waals surface area contributed by atoms with Crippen molar-refractivity contribution in [3.8, 4) is 0 Å². The Labute approximate surface area is 44.7 Å². The number of nitrogens with zero attached hydrogens (tertiary/aromatic N) is 1. The van der Waals surface area contributed by atoms with Gasteiger partial charge in [-0.3, -0.25) is 0 Å². The molecular formula is C2H3ClN2O2. The molecule has 0 radical (unpaired) electrons. The number of nitrogens with two attached hydrogens (primary N) is 1. The van der Waals surface area contributed by atoms with E-state index >= 15 is 0 Å². The minimum atomic E-state index is -1.31. The molecule has 3 N–H and O–H groups in total. The van der Waals surface area contributed by atoms with Gasteiger partial charge in [0.25, 0.3) is 0 Å². The molecule has 0 atom stereocenters. The van der Waals surface area contributed by atoms with Gasteiger partial charge in [0, 0.05) is 11.8 Å². The van der Waals surface area contributed by atoms with E-state index in [4.69, 9.17) is 5.11 Å². The zero-order valence-electron chi connectivity index (χ0n) is 3.26. The van der Waals surface area contributed by atoms with E-state index in [1.807, 2.05) is 0 Å². The maximum Gasteiger partial charge on any atom is 0.372 e. The third-order valence-electron chi connectivity index (χ3n) is 0.310. The van der Waals surface area contributed by atoms with E-state index in [9.17, 15) is 4.79 Å². The van der Waals surface area contributed by atoms with Crippen LogP contribution in [0.1, 0.15) is 0 Å². The SMILES string of the molecule is N/C(=N\Cl)C(=O)O. The average molecular weight is 123 g/mol. The number of carboxylic acids is 1. The summed E-state index contributed by atoms with van der Waals surface area (Å²) in [7, 11) is 0. The summed E-state index contributed by atoms with van der Waals surface area (Å²) in [5.74, 6) is -1.91. The fourth-order valence-corrected chi connectivity index (χ4v) is 0.108. The maximum absolute atomic E-state index is 9.59. The maximum atomic E-state index is 9.59. The first-order valence-corrected chi connectivity index (χ1v) is 1.70. The minimum Gasteiger partial charge on any atom is -0.475 e. The summed E-state index contributed by atoms with van der Waals surface area (Å²) in [6.45, 7) is 0. The lowest BCUT2D eigenvalue weighted by atomic mass is 10.6. The van der Waals surface area contributed by atoms with E-state index in [0.29, 0.717) is 0 Å². The van der Waals surface area contributed by atoms with Crippen LogP contribution in [0.25, 0.3) is 0 Å². The number of hydrogen-bond donors (Lipinski definition) is 2. The van der Waals surface area contributed by atoms with Crippen molar-refractivity contribution in [2.24, 2.45) is 10.2 Å². The zero-order valence-corrected chi connectivity index (χ0v) is 4.01. The third-order valence-corrected chi connectivity index (χ3v) is 0.492. The van der Waals surface area contributed by atoms with Crippen LogP contribution in [-0.2, 0) is 4.79 Å². The first kappa shape index (κ1) is 6.23. The molecule has 0 saturated carbocycles. The Bertz CT molecular complexity index is 110. The summed E-state index contributed by atoms with van der Waals surface area (Å²) >= 11 is 4.63. The van der Waals surface area contributed by atoms with Gasteiger partial charge in [0.1, 0.15) is 0 Å². The molecule has 0 saturated heterocycles. The summed E-state index contributed by atoms with van der Waals surface area (Å²) in [5.41, 5.74) is 4.63. The molecule has 0 aliphatic rings. The van der Waals surface area contributed by atoms with Crippen LogP contribution < -0.4 is 5.73 Å². The molecule has 0 amide bonds. The van der Waals surface area contributed by atoms with Gasteiger partial charge in [-0.25, -0.2) is 4.79 Å². The zero-order chi connectivity index (χ0) is 5.86. The highest BCUT2D eigenvalue weighted by atomic mass is 35.5. The molecule has 4 nitrogen and oxygen atoms in total. The molecule has 0 unspecified atom stereocenters. The van der Waals surface area contributed by atoms with Crippen molar-refractivity contribution >= 4 is 23.6 Å². The topological polar surface area (TPSA) is 75.7 Å². The van der Waals surface area contributed by atoms with Gasteiger partial charge in [-0.05, 0) is 0 Å². The van der Waals surface area contributed by atoms with Crippen LogP contribution in [0.5, 0.6) is 0 Å². The van der Waals surface area contributed by atoms with Gasteiger partial charge in [0.2, 0.25) is 5.84 Å². The predicted molar refractivity (Wildman–Crippen MR) is 25.1 cm³/mol. The minimum absolute atomic E-state index is 0.596. The molecule has 0 aromatic rings. The Kier molecular flexibility index (Phi) is 2.15. The lowest BCUT2D eigenvalue weighted by Crippen LogP contribution is -2.21. The van der Waals surface area contributed by atoms with Crippen molar-refractivity contribution in [3.05, 3.63) is 0 Å². The van der Waals surface area contributed by atoms with Crippen molar-refractivity contribution in [3.63, 3.8) is 0 Å². The van der Waals surface area contributed by atoms with Gasteiger partial charge in [-0.15, -0.1) is 0 Å². The molecule has 0 fully saturated rings. The summed E-state index contributed by atoms with van der Waals surface area (Å²) in [6, 6.07) is 0. The van der Waals surface area contributed by atoms with Crippen LogP contribution in [0.15, 0.2) is 4.51 Å². The van der Waals surface area contributed by atoms with Crippen molar-refractivity contribution in [2.45, 2.75) is 0 Å². The molecule has 0 spiro atoms. The lowest BCUT2D eigenvalue weighted by molar-refractivity contribution is -0.129. The molecule has 40 valence electrons. The Morgan fingerprint density at radius 3 is 2.29 bits per heavy atom. The normalized spacial score (nSPS) is 11.3. The van der Waals surface area contributed by atoms with Gasteiger partial charge in [0.05, 0.1) is 0 Å². The average Bonchev–Trinajstić information content (AvgIpc) is 1.65. The van der Waals surface area contributed by atoms with E-state index in [1.54, 1.807) is 0 Å². The Morgan fingerprint density at radius 1 is 1.86 bits per heavy atom. The van der Waals surface area contributed by atoms with E-state index in [1.165, 1.54) is 0 Å². The van der Waals surface area contributed by atoms with Crippen molar-refractivity contribution < 1.29 is 9.90 Å². The number of aliphatic carboxylic acids is 1. The molecule has 0 heterocycles. The Morgan fingerprint density at radius 2 is 2.29 bits per heavy atom. The second-order valence-corrected chi connectivity index (χ2v) is 0.944. The number of carbonyl (C=O) groups is 1. The third kappa shape index (κ3) is 1.99. The summed E-state index contributed by atoms with van der Waals surface area (Å²) in [5, 5.41) is 7.84. The first-order valence-electron chi connectivity index (χ1n) is 1.36. The highest BCUT2D eigenvalue weighted by molar-refractivity contribution is 6.39. The molecule has 0 bridgehead atoms. The quantitative estimate of drug-likeness (QED) is 0.339. The molecule has 0 aromatic carbocycles. The van der Waals surface area contributed by atoms with E-state index in [0.717, 1.165) is 0 Å². The monoisotopic (exact) mass is 122 g/mol. The molecule has 5 heteroatoms. The van der Waals surface area contributed by atoms with Gasteiger partial charge in [0.15, 0.2) is 0 Å². The first-order chi connectivity index (χ1) is 3.18.